The van der Waals surface area contributed by atoms with E-state index in [1.54, 1.807) is 30.3 Å². The fourth-order valence-corrected chi connectivity index (χ4v) is 1.95. The smallest absolute Gasteiger partial charge is 0.159 e. The Morgan fingerprint density at radius 2 is 2.05 bits per heavy atom. The molecule has 2 aromatic carbocycles. The molecule has 0 saturated heterocycles. The summed E-state index contributed by atoms with van der Waals surface area (Å²) in [4.78, 5) is 11.3. The van der Waals surface area contributed by atoms with Gasteiger partial charge in [-0.25, -0.2) is 4.39 Å². The van der Waals surface area contributed by atoms with E-state index in [0.29, 0.717) is 29.9 Å². The summed E-state index contributed by atoms with van der Waals surface area (Å²) in [6, 6.07) is 12.0. The van der Waals surface area contributed by atoms with Gasteiger partial charge >= 0.3 is 0 Å². The number of benzene rings is 2. The van der Waals surface area contributed by atoms with Crippen molar-refractivity contribution in [3.8, 4) is 0 Å². The van der Waals surface area contributed by atoms with Crippen molar-refractivity contribution in [2.75, 3.05) is 11.9 Å². The molecule has 104 valence electrons. The molecule has 2 rings (SSSR count). The lowest BCUT2D eigenvalue weighted by molar-refractivity contribution is 0.101. The van der Waals surface area contributed by atoms with Crippen molar-refractivity contribution in [2.24, 2.45) is 5.73 Å². The number of Topliss-reactive ketones (excluding diaryl/α,β-unsaturated/α-hetero) is 1. The lowest BCUT2D eigenvalue weighted by Crippen LogP contribution is -2.03. The molecule has 0 unspecified atom stereocenters. The van der Waals surface area contributed by atoms with Crippen molar-refractivity contribution in [1.29, 1.82) is 0 Å². The number of nitrogens with two attached hydrogens (primary N) is 1. The van der Waals surface area contributed by atoms with Crippen LogP contribution in [0.1, 0.15) is 22.8 Å². The second-order valence-electron chi connectivity index (χ2n) is 4.61. The summed E-state index contributed by atoms with van der Waals surface area (Å²) >= 11 is 0. The Kier molecular flexibility index (Phi) is 4.48. The van der Waals surface area contributed by atoms with Crippen LogP contribution in [-0.2, 0) is 6.42 Å². The third-order valence-corrected chi connectivity index (χ3v) is 3.01. The molecule has 0 fully saturated rings. The maximum atomic E-state index is 13.9. The second-order valence-corrected chi connectivity index (χ2v) is 4.61. The van der Waals surface area contributed by atoms with Crippen LogP contribution in [-0.4, -0.2) is 12.3 Å². The fraction of sp³-hybridized carbons (Fsp3) is 0.188. The van der Waals surface area contributed by atoms with Gasteiger partial charge in [0.25, 0.3) is 0 Å². The minimum atomic E-state index is -0.329. The first-order valence-electron chi connectivity index (χ1n) is 6.46. The van der Waals surface area contributed by atoms with E-state index in [4.69, 9.17) is 5.73 Å². The van der Waals surface area contributed by atoms with Gasteiger partial charge in [-0.15, -0.1) is 0 Å². The maximum Gasteiger partial charge on any atom is 0.159 e. The molecule has 0 aliphatic carbocycles. The van der Waals surface area contributed by atoms with Crippen LogP contribution in [0.3, 0.4) is 0 Å². The summed E-state index contributed by atoms with van der Waals surface area (Å²) in [5, 5.41) is 2.98. The molecule has 3 nitrogen and oxygen atoms in total. The molecular formula is C16H17FN2O. The normalized spacial score (nSPS) is 10.3. The fourth-order valence-electron chi connectivity index (χ4n) is 1.95. The van der Waals surface area contributed by atoms with Crippen molar-refractivity contribution in [3.63, 3.8) is 0 Å². The molecule has 0 amide bonds. The first-order chi connectivity index (χ1) is 9.60. The van der Waals surface area contributed by atoms with Gasteiger partial charge in [-0.2, -0.15) is 0 Å². The van der Waals surface area contributed by atoms with E-state index in [1.165, 1.54) is 13.0 Å². The van der Waals surface area contributed by atoms with Gasteiger partial charge in [-0.3, -0.25) is 4.79 Å². The summed E-state index contributed by atoms with van der Waals surface area (Å²) in [5.74, 6) is -0.350. The van der Waals surface area contributed by atoms with Crippen molar-refractivity contribution >= 4 is 17.2 Å². The Labute approximate surface area is 117 Å². The van der Waals surface area contributed by atoms with E-state index in [-0.39, 0.29) is 11.6 Å². The zero-order valence-corrected chi connectivity index (χ0v) is 11.3. The van der Waals surface area contributed by atoms with Crippen LogP contribution in [0, 0.1) is 5.82 Å². The largest absolute Gasteiger partial charge is 0.353 e. The van der Waals surface area contributed by atoms with E-state index in [9.17, 15) is 9.18 Å². The van der Waals surface area contributed by atoms with Crippen LogP contribution in [0.4, 0.5) is 15.8 Å². The highest BCUT2D eigenvalue weighted by Crippen LogP contribution is 2.22. The van der Waals surface area contributed by atoms with Crippen molar-refractivity contribution in [2.45, 2.75) is 13.3 Å². The highest BCUT2D eigenvalue weighted by molar-refractivity contribution is 5.95. The quantitative estimate of drug-likeness (QED) is 0.821. The van der Waals surface area contributed by atoms with E-state index < -0.39 is 0 Å². The predicted molar refractivity (Wildman–Crippen MR) is 78.9 cm³/mol. The minimum absolute atomic E-state index is 0.0209. The third kappa shape index (κ3) is 3.42. The van der Waals surface area contributed by atoms with Gasteiger partial charge in [0.1, 0.15) is 5.82 Å². The molecular weight excluding hydrogens is 255 g/mol. The molecule has 0 aliphatic rings. The molecule has 0 saturated carbocycles. The SMILES string of the molecule is CC(=O)c1cccc(Nc2ccc(CCN)cc2F)c1. The Morgan fingerprint density at radius 1 is 1.25 bits per heavy atom. The molecule has 0 atom stereocenters. The molecule has 2 aromatic rings. The van der Waals surface area contributed by atoms with Gasteiger partial charge in [0, 0.05) is 11.3 Å². The van der Waals surface area contributed by atoms with E-state index in [2.05, 4.69) is 5.32 Å². The van der Waals surface area contributed by atoms with Crippen LogP contribution < -0.4 is 11.1 Å². The number of nitrogens with one attached hydrogen (secondary N) is 1. The van der Waals surface area contributed by atoms with Crippen molar-refractivity contribution < 1.29 is 9.18 Å². The standard InChI is InChI=1S/C16H17FN2O/c1-11(20)13-3-2-4-14(10-13)19-16-6-5-12(7-8-18)9-15(16)17/h2-6,9-10,19H,7-8,18H2,1H3. The molecule has 4 heteroatoms. The van der Waals surface area contributed by atoms with Crippen LogP contribution >= 0.6 is 0 Å². The van der Waals surface area contributed by atoms with Gasteiger partial charge in [0.05, 0.1) is 5.69 Å². The minimum Gasteiger partial charge on any atom is -0.353 e. The number of hydrogen-bond donors (Lipinski definition) is 2. The van der Waals surface area contributed by atoms with Gasteiger partial charge in [0.2, 0.25) is 0 Å². The van der Waals surface area contributed by atoms with Crippen LogP contribution in [0.2, 0.25) is 0 Å². The summed E-state index contributed by atoms with van der Waals surface area (Å²) in [7, 11) is 0. The number of anilines is 2. The highest BCUT2D eigenvalue weighted by Gasteiger charge is 2.05. The Hall–Kier alpha value is -2.20. The second kappa shape index (κ2) is 6.30. The van der Waals surface area contributed by atoms with Gasteiger partial charge in [-0.05, 0) is 49.7 Å². The Morgan fingerprint density at radius 3 is 2.70 bits per heavy atom. The van der Waals surface area contributed by atoms with Crippen LogP contribution in [0.5, 0.6) is 0 Å². The number of rotatable bonds is 5. The average Bonchev–Trinajstić information content (AvgIpc) is 2.42. The van der Waals surface area contributed by atoms with E-state index >= 15 is 0 Å². The monoisotopic (exact) mass is 272 g/mol. The Bertz CT molecular complexity index is 626. The first-order valence-corrected chi connectivity index (χ1v) is 6.46. The lowest BCUT2D eigenvalue weighted by atomic mass is 10.1. The van der Waals surface area contributed by atoms with Crippen molar-refractivity contribution in [3.05, 3.63) is 59.4 Å². The predicted octanol–water partition coefficient (Wildman–Crippen LogP) is 3.27. The lowest BCUT2D eigenvalue weighted by Gasteiger charge is -2.10. The molecule has 0 spiro atoms. The van der Waals surface area contributed by atoms with Crippen molar-refractivity contribution in [1.82, 2.24) is 0 Å². The topological polar surface area (TPSA) is 55.1 Å². The molecule has 20 heavy (non-hydrogen) atoms. The van der Waals surface area contributed by atoms with E-state index in [0.717, 1.165) is 5.56 Å². The molecule has 0 aliphatic heterocycles. The van der Waals surface area contributed by atoms with Crippen LogP contribution in [0.25, 0.3) is 0 Å². The number of hydrogen-bond acceptors (Lipinski definition) is 3. The molecule has 0 aromatic heterocycles. The molecule has 0 heterocycles. The van der Waals surface area contributed by atoms with E-state index in [1.807, 2.05) is 6.07 Å². The third-order valence-electron chi connectivity index (χ3n) is 3.01. The number of carbonyl (C=O) groups excluding carboxylic acids is 1. The summed E-state index contributed by atoms with van der Waals surface area (Å²) in [5.41, 5.74) is 7.97. The number of ketones is 1. The zero-order chi connectivity index (χ0) is 14.5. The summed E-state index contributed by atoms with van der Waals surface area (Å²) in [6.07, 6.45) is 0.650. The Balaban J connectivity index is 2.21. The van der Waals surface area contributed by atoms with Gasteiger partial charge in [0.15, 0.2) is 5.78 Å². The maximum absolute atomic E-state index is 13.9. The average molecular weight is 272 g/mol. The highest BCUT2D eigenvalue weighted by atomic mass is 19.1. The number of carbonyl (C=O) groups is 1. The van der Waals surface area contributed by atoms with Gasteiger partial charge < -0.3 is 11.1 Å². The zero-order valence-electron chi connectivity index (χ0n) is 11.3. The first kappa shape index (κ1) is 14.2. The van der Waals surface area contributed by atoms with Gasteiger partial charge in [-0.1, -0.05) is 18.2 Å². The summed E-state index contributed by atoms with van der Waals surface area (Å²) < 4.78 is 13.9. The molecule has 0 bridgehead atoms. The van der Waals surface area contributed by atoms with Crippen LogP contribution in [0.15, 0.2) is 42.5 Å². The molecule has 3 N–H and O–H groups in total. The summed E-state index contributed by atoms with van der Waals surface area (Å²) in [6.45, 7) is 1.99. The number of halogens is 1. The molecule has 0 radical (unpaired) electrons.